The molecule has 0 unspecified atom stereocenters. The van der Waals surface area contributed by atoms with Crippen molar-refractivity contribution < 1.29 is 0 Å². The molecule has 0 aliphatic heterocycles. The van der Waals surface area contributed by atoms with Gasteiger partial charge < -0.3 is 5.32 Å². The van der Waals surface area contributed by atoms with Gasteiger partial charge in [-0.1, -0.05) is 49.0 Å². The molecule has 3 rings (SSSR count). The minimum atomic E-state index is 0.749. The molecular weight excluding hydrogens is 258 g/mol. The highest BCUT2D eigenvalue weighted by molar-refractivity contribution is 5.65. The quantitative estimate of drug-likeness (QED) is 0.754. The molecule has 0 aliphatic carbocycles. The number of benzene rings is 2. The SMILES string of the molecule is C=Cn1cc(CNc2ccc(-c3ccccc3)cc2)cn1. The normalized spacial score (nSPS) is 10.3. The number of nitrogens with zero attached hydrogens (tertiary/aromatic N) is 2. The van der Waals surface area contributed by atoms with Crippen LogP contribution in [0.5, 0.6) is 0 Å². The lowest BCUT2D eigenvalue weighted by atomic mass is 10.1. The van der Waals surface area contributed by atoms with Crippen LogP contribution in [-0.2, 0) is 6.54 Å². The van der Waals surface area contributed by atoms with Crippen LogP contribution in [0.4, 0.5) is 5.69 Å². The molecule has 3 nitrogen and oxygen atoms in total. The smallest absolute Gasteiger partial charge is 0.0543 e. The highest BCUT2D eigenvalue weighted by Crippen LogP contribution is 2.21. The van der Waals surface area contributed by atoms with Gasteiger partial charge >= 0.3 is 0 Å². The average molecular weight is 275 g/mol. The van der Waals surface area contributed by atoms with Gasteiger partial charge in [-0.25, -0.2) is 4.68 Å². The first-order valence-electron chi connectivity index (χ1n) is 6.90. The van der Waals surface area contributed by atoms with Crippen molar-refractivity contribution in [3.8, 4) is 11.1 Å². The van der Waals surface area contributed by atoms with Crippen LogP contribution in [0.1, 0.15) is 5.56 Å². The summed E-state index contributed by atoms with van der Waals surface area (Å²) in [6.07, 6.45) is 5.48. The molecule has 0 spiro atoms. The van der Waals surface area contributed by atoms with E-state index in [2.05, 4.69) is 65.5 Å². The molecule has 0 saturated heterocycles. The zero-order valence-electron chi connectivity index (χ0n) is 11.7. The van der Waals surface area contributed by atoms with E-state index in [0.717, 1.165) is 17.8 Å². The van der Waals surface area contributed by atoms with Crippen molar-refractivity contribution in [1.29, 1.82) is 0 Å². The van der Waals surface area contributed by atoms with Crippen LogP contribution in [0.25, 0.3) is 17.3 Å². The van der Waals surface area contributed by atoms with Gasteiger partial charge in [0.25, 0.3) is 0 Å². The Hall–Kier alpha value is -2.81. The molecule has 0 aliphatic rings. The summed E-state index contributed by atoms with van der Waals surface area (Å²) >= 11 is 0. The molecule has 2 aromatic carbocycles. The number of rotatable bonds is 5. The van der Waals surface area contributed by atoms with Crippen molar-refractivity contribution in [3.05, 3.63) is 79.1 Å². The largest absolute Gasteiger partial charge is 0.381 e. The number of anilines is 1. The van der Waals surface area contributed by atoms with Crippen LogP contribution < -0.4 is 5.32 Å². The monoisotopic (exact) mass is 275 g/mol. The van der Waals surface area contributed by atoms with Crippen molar-refractivity contribution in [2.45, 2.75) is 6.54 Å². The second-order valence-electron chi connectivity index (χ2n) is 4.81. The first kappa shape index (κ1) is 13.2. The third-order valence-electron chi connectivity index (χ3n) is 3.33. The zero-order valence-corrected chi connectivity index (χ0v) is 11.7. The third-order valence-corrected chi connectivity index (χ3v) is 3.33. The molecule has 0 atom stereocenters. The summed E-state index contributed by atoms with van der Waals surface area (Å²) < 4.78 is 1.70. The molecule has 0 amide bonds. The second-order valence-corrected chi connectivity index (χ2v) is 4.81. The predicted octanol–water partition coefficient (Wildman–Crippen LogP) is 4.26. The van der Waals surface area contributed by atoms with Crippen molar-refractivity contribution >= 4 is 11.9 Å². The summed E-state index contributed by atoms with van der Waals surface area (Å²) in [5, 5.41) is 7.55. The van der Waals surface area contributed by atoms with Crippen LogP contribution in [-0.4, -0.2) is 9.78 Å². The van der Waals surface area contributed by atoms with E-state index in [0.29, 0.717) is 0 Å². The highest BCUT2D eigenvalue weighted by Gasteiger charge is 1.99. The van der Waals surface area contributed by atoms with Gasteiger partial charge in [0.15, 0.2) is 0 Å². The molecular formula is C18H17N3. The molecule has 21 heavy (non-hydrogen) atoms. The van der Waals surface area contributed by atoms with E-state index in [1.54, 1.807) is 10.9 Å². The van der Waals surface area contributed by atoms with Crippen molar-refractivity contribution in [3.63, 3.8) is 0 Å². The summed E-state index contributed by atoms with van der Waals surface area (Å²) in [6.45, 7) is 4.43. The molecule has 0 bridgehead atoms. The maximum absolute atomic E-state index is 4.16. The lowest BCUT2D eigenvalue weighted by Crippen LogP contribution is -1.98. The Morgan fingerprint density at radius 2 is 1.71 bits per heavy atom. The Morgan fingerprint density at radius 1 is 1.00 bits per heavy atom. The first-order valence-corrected chi connectivity index (χ1v) is 6.90. The summed E-state index contributed by atoms with van der Waals surface area (Å²) in [4.78, 5) is 0. The summed E-state index contributed by atoms with van der Waals surface area (Å²) in [6, 6.07) is 18.8. The summed E-state index contributed by atoms with van der Waals surface area (Å²) in [5.41, 5.74) is 4.68. The Labute approximate surface area is 124 Å². The van der Waals surface area contributed by atoms with Gasteiger partial charge in [0.2, 0.25) is 0 Å². The van der Waals surface area contributed by atoms with Crippen LogP contribution in [0.2, 0.25) is 0 Å². The summed E-state index contributed by atoms with van der Waals surface area (Å²) in [7, 11) is 0. The Morgan fingerprint density at radius 3 is 2.38 bits per heavy atom. The predicted molar refractivity (Wildman–Crippen MR) is 87.8 cm³/mol. The number of aromatic nitrogens is 2. The topological polar surface area (TPSA) is 29.9 Å². The van der Waals surface area contributed by atoms with Gasteiger partial charge in [-0.2, -0.15) is 5.10 Å². The molecule has 1 heterocycles. The zero-order chi connectivity index (χ0) is 14.5. The van der Waals surface area contributed by atoms with Gasteiger partial charge in [0, 0.05) is 30.2 Å². The molecule has 1 N–H and O–H groups in total. The average Bonchev–Trinajstić information content (AvgIpc) is 3.02. The lowest BCUT2D eigenvalue weighted by molar-refractivity contribution is 0.936. The van der Waals surface area contributed by atoms with E-state index in [-0.39, 0.29) is 0 Å². The van der Waals surface area contributed by atoms with Crippen LogP contribution in [0.3, 0.4) is 0 Å². The van der Waals surface area contributed by atoms with Crippen LogP contribution >= 0.6 is 0 Å². The van der Waals surface area contributed by atoms with Gasteiger partial charge in [0.1, 0.15) is 0 Å². The van der Waals surface area contributed by atoms with Crippen molar-refractivity contribution in [2.24, 2.45) is 0 Å². The molecule has 104 valence electrons. The molecule has 0 fully saturated rings. The fourth-order valence-corrected chi connectivity index (χ4v) is 2.18. The lowest BCUT2D eigenvalue weighted by Gasteiger charge is -2.06. The molecule has 1 aromatic heterocycles. The van der Waals surface area contributed by atoms with Gasteiger partial charge in [0.05, 0.1) is 6.20 Å². The Balaban J connectivity index is 1.66. The maximum Gasteiger partial charge on any atom is 0.0543 e. The van der Waals surface area contributed by atoms with Crippen molar-refractivity contribution in [1.82, 2.24) is 9.78 Å². The molecule has 3 heteroatoms. The number of hydrogen-bond acceptors (Lipinski definition) is 2. The molecule has 0 saturated carbocycles. The van der Waals surface area contributed by atoms with Crippen LogP contribution in [0.15, 0.2) is 73.6 Å². The van der Waals surface area contributed by atoms with Crippen LogP contribution in [0, 0.1) is 0 Å². The Kier molecular flexibility index (Phi) is 3.83. The van der Waals surface area contributed by atoms with Crippen molar-refractivity contribution in [2.75, 3.05) is 5.32 Å². The molecule has 0 radical (unpaired) electrons. The van der Waals surface area contributed by atoms with E-state index in [9.17, 15) is 0 Å². The first-order chi connectivity index (χ1) is 10.3. The van der Waals surface area contributed by atoms with E-state index in [4.69, 9.17) is 0 Å². The fraction of sp³-hybridized carbons (Fsp3) is 0.0556. The second kappa shape index (κ2) is 6.09. The van der Waals surface area contributed by atoms with Gasteiger partial charge in [-0.15, -0.1) is 0 Å². The Bertz CT molecular complexity index is 712. The van der Waals surface area contributed by atoms with E-state index < -0.39 is 0 Å². The van der Waals surface area contributed by atoms with Gasteiger partial charge in [-0.3, -0.25) is 0 Å². The van der Waals surface area contributed by atoms with Gasteiger partial charge in [-0.05, 0) is 23.3 Å². The molecule has 3 aromatic rings. The minimum Gasteiger partial charge on any atom is -0.381 e. The fourth-order valence-electron chi connectivity index (χ4n) is 2.18. The van der Waals surface area contributed by atoms with E-state index in [1.165, 1.54) is 11.1 Å². The number of hydrogen-bond donors (Lipinski definition) is 1. The minimum absolute atomic E-state index is 0.749. The standard InChI is InChI=1S/C18H17N3/c1-2-21-14-15(13-20-21)12-19-18-10-8-17(9-11-18)16-6-4-3-5-7-16/h2-11,13-14,19H,1,12H2. The third kappa shape index (κ3) is 3.20. The van der Waals surface area contributed by atoms with E-state index in [1.807, 2.05) is 18.5 Å². The highest BCUT2D eigenvalue weighted by atomic mass is 15.2. The number of nitrogens with one attached hydrogen (secondary N) is 1. The summed E-state index contributed by atoms with van der Waals surface area (Å²) in [5.74, 6) is 0. The maximum atomic E-state index is 4.16. The van der Waals surface area contributed by atoms with E-state index >= 15 is 0 Å².